The molecular formula is C17H26N2O2. The van der Waals surface area contributed by atoms with Crippen LogP contribution in [0.1, 0.15) is 44.7 Å². The summed E-state index contributed by atoms with van der Waals surface area (Å²) < 4.78 is 5.23. The lowest BCUT2D eigenvalue weighted by atomic mass is 9.85. The molecule has 0 saturated carbocycles. The predicted molar refractivity (Wildman–Crippen MR) is 84.1 cm³/mol. The minimum atomic E-state index is -0.176. The van der Waals surface area contributed by atoms with Gasteiger partial charge in [0.15, 0.2) is 0 Å². The number of methoxy groups -OCH3 is 1. The lowest BCUT2D eigenvalue weighted by Gasteiger charge is -2.26. The number of nitrogens with two attached hydrogens (primary N) is 1. The molecule has 1 saturated heterocycles. The van der Waals surface area contributed by atoms with Crippen LogP contribution in [0.2, 0.25) is 0 Å². The van der Waals surface area contributed by atoms with Gasteiger partial charge in [-0.15, -0.1) is 0 Å². The van der Waals surface area contributed by atoms with Crippen molar-refractivity contribution in [1.29, 1.82) is 0 Å². The van der Waals surface area contributed by atoms with Crippen molar-refractivity contribution in [2.45, 2.75) is 39.2 Å². The summed E-state index contributed by atoms with van der Waals surface area (Å²) in [6.45, 7) is 5.82. The molecule has 0 bridgehead atoms. The lowest BCUT2D eigenvalue weighted by Crippen LogP contribution is -2.37. The smallest absolute Gasteiger partial charge is 0.222 e. The summed E-state index contributed by atoms with van der Waals surface area (Å²) in [6, 6.07) is 7.58. The van der Waals surface area contributed by atoms with E-state index in [-0.39, 0.29) is 17.4 Å². The molecule has 0 radical (unpaired) electrons. The van der Waals surface area contributed by atoms with Gasteiger partial charge in [0, 0.05) is 25.6 Å². The van der Waals surface area contributed by atoms with Gasteiger partial charge in [0.25, 0.3) is 0 Å². The minimum absolute atomic E-state index is 0.176. The van der Waals surface area contributed by atoms with Crippen LogP contribution in [0.3, 0.4) is 0 Å². The van der Waals surface area contributed by atoms with Gasteiger partial charge in [-0.3, -0.25) is 4.79 Å². The van der Waals surface area contributed by atoms with E-state index in [1.165, 1.54) is 0 Å². The number of benzene rings is 1. The van der Waals surface area contributed by atoms with Crippen LogP contribution in [0.4, 0.5) is 0 Å². The molecule has 1 aromatic carbocycles. The van der Waals surface area contributed by atoms with Crippen LogP contribution >= 0.6 is 0 Å². The summed E-state index contributed by atoms with van der Waals surface area (Å²) in [5.74, 6) is 1.02. The molecule has 1 amide bonds. The Morgan fingerprint density at radius 2 is 2.14 bits per heavy atom. The topological polar surface area (TPSA) is 55.6 Å². The second kappa shape index (κ2) is 6.48. The number of nitrogens with zero attached hydrogens (tertiary/aromatic N) is 1. The van der Waals surface area contributed by atoms with Gasteiger partial charge in [0.1, 0.15) is 5.75 Å². The first-order chi connectivity index (χ1) is 9.91. The van der Waals surface area contributed by atoms with Crippen molar-refractivity contribution in [2.75, 3.05) is 20.2 Å². The molecule has 1 atom stereocenters. The first-order valence-corrected chi connectivity index (χ1v) is 7.58. The molecular weight excluding hydrogens is 264 g/mol. The fourth-order valence-electron chi connectivity index (χ4n) is 2.70. The van der Waals surface area contributed by atoms with E-state index in [1.807, 2.05) is 29.2 Å². The molecule has 2 N–H and O–H groups in total. The van der Waals surface area contributed by atoms with Crippen LogP contribution in [-0.2, 0) is 4.79 Å². The lowest BCUT2D eigenvalue weighted by molar-refractivity contribution is -0.130. The molecule has 4 nitrogen and oxygen atoms in total. The van der Waals surface area contributed by atoms with Crippen LogP contribution in [0.15, 0.2) is 24.3 Å². The van der Waals surface area contributed by atoms with Crippen molar-refractivity contribution in [3.8, 4) is 5.75 Å². The maximum Gasteiger partial charge on any atom is 0.222 e. The number of hydrogen-bond acceptors (Lipinski definition) is 3. The molecule has 1 unspecified atom stereocenters. The van der Waals surface area contributed by atoms with E-state index >= 15 is 0 Å². The number of carbonyl (C=O) groups excluding carboxylic acids is 1. The Bertz CT molecular complexity index is 499. The average Bonchev–Trinajstić information content (AvgIpc) is 2.60. The van der Waals surface area contributed by atoms with E-state index in [0.717, 1.165) is 30.7 Å². The Morgan fingerprint density at radius 3 is 2.86 bits per heavy atom. The second-order valence-electron chi connectivity index (χ2n) is 6.64. The van der Waals surface area contributed by atoms with Gasteiger partial charge in [-0.05, 0) is 36.0 Å². The molecule has 1 aliphatic rings. The number of hydrogen-bond donors (Lipinski definition) is 1. The molecule has 0 spiro atoms. The van der Waals surface area contributed by atoms with E-state index in [0.29, 0.717) is 13.0 Å². The summed E-state index contributed by atoms with van der Waals surface area (Å²) in [7, 11) is 1.64. The SMILES string of the molecule is COc1cccc(C(N)CN2CCC(C)(C)CCC2=O)c1. The summed E-state index contributed by atoms with van der Waals surface area (Å²) in [5.41, 5.74) is 7.53. The molecule has 1 heterocycles. The third-order valence-electron chi connectivity index (χ3n) is 4.37. The summed E-state index contributed by atoms with van der Waals surface area (Å²) in [5, 5.41) is 0. The highest BCUT2D eigenvalue weighted by atomic mass is 16.5. The molecule has 0 aromatic heterocycles. The Morgan fingerprint density at radius 1 is 1.38 bits per heavy atom. The van der Waals surface area contributed by atoms with E-state index in [4.69, 9.17) is 10.5 Å². The van der Waals surface area contributed by atoms with Gasteiger partial charge in [0.05, 0.1) is 7.11 Å². The highest BCUT2D eigenvalue weighted by molar-refractivity contribution is 5.76. The molecule has 1 aliphatic heterocycles. The zero-order valence-corrected chi connectivity index (χ0v) is 13.3. The molecule has 1 fully saturated rings. The summed E-state index contributed by atoms with van der Waals surface area (Å²) in [4.78, 5) is 14.2. The third-order valence-corrected chi connectivity index (χ3v) is 4.37. The zero-order valence-electron chi connectivity index (χ0n) is 13.3. The standard InChI is InChI=1S/C17H26N2O2/c1-17(2)8-7-16(20)19(10-9-17)12-15(18)13-5-4-6-14(11-13)21-3/h4-6,11,15H,7-10,12,18H2,1-3H3. The molecule has 2 rings (SSSR count). The highest BCUT2D eigenvalue weighted by Gasteiger charge is 2.28. The predicted octanol–water partition coefficient (Wildman–Crippen LogP) is 2.73. The number of ether oxygens (including phenoxy) is 1. The van der Waals surface area contributed by atoms with Gasteiger partial charge in [-0.25, -0.2) is 0 Å². The van der Waals surface area contributed by atoms with Gasteiger partial charge >= 0.3 is 0 Å². The Hall–Kier alpha value is -1.55. The first kappa shape index (κ1) is 15.8. The van der Waals surface area contributed by atoms with Gasteiger partial charge in [0.2, 0.25) is 5.91 Å². The zero-order chi connectivity index (χ0) is 15.5. The van der Waals surface area contributed by atoms with Crippen molar-refractivity contribution >= 4 is 5.91 Å². The van der Waals surface area contributed by atoms with Crippen molar-refractivity contribution < 1.29 is 9.53 Å². The van der Waals surface area contributed by atoms with Crippen LogP contribution in [-0.4, -0.2) is 31.0 Å². The largest absolute Gasteiger partial charge is 0.497 e. The molecule has 21 heavy (non-hydrogen) atoms. The molecule has 4 heteroatoms. The van der Waals surface area contributed by atoms with Crippen molar-refractivity contribution in [2.24, 2.45) is 11.1 Å². The fraction of sp³-hybridized carbons (Fsp3) is 0.588. The monoisotopic (exact) mass is 290 g/mol. The molecule has 1 aromatic rings. The number of likely N-dealkylation sites (tertiary alicyclic amines) is 1. The molecule has 0 aliphatic carbocycles. The number of amides is 1. The number of carbonyl (C=O) groups is 1. The van der Waals surface area contributed by atoms with Gasteiger partial charge in [-0.1, -0.05) is 26.0 Å². The van der Waals surface area contributed by atoms with Crippen molar-refractivity contribution in [1.82, 2.24) is 4.90 Å². The Kier molecular flexibility index (Phi) is 4.88. The van der Waals surface area contributed by atoms with Crippen LogP contribution in [0, 0.1) is 5.41 Å². The van der Waals surface area contributed by atoms with Crippen LogP contribution in [0.25, 0.3) is 0 Å². The summed E-state index contributed by atoms with van der Waals surface area (Å²) >= 11 is 0. The number of rotatable bonds is 4. The highest BCUT2D eigenvalue weighted by Crippen LogP contribution is 2.31. The maximum absolute atomic E-state index is 12.2. The average molecular weight is 290 g/mol. The second-order valence-corrected chi connectivity index (χ2v) is 6.64. The van der Waals surface area contributed by atoms with E-state index in [9.17, 15) is 4.79 Å². The van der Waals surface area contributed by atoms with Gasteiger partial charge < -0.3 is 15.4 Å². The van der Waals surface area contributed by atoms with Crippen molar-refractivity contribution in [3.05, 3.63) is 29.8 Å². The third kappa shape index (κ3) is 4.21. The quantitative estimate of drug-likeness (QED) is 0.927. The normalized spacial score (nSPS) is 20.0. The van der Waals surface area contributed by atoms with E-state index < -0.39 is 0 Å². The van der Waals surface area contributed by atoms with Crippen LogP contribution in [0.5, 0.6) is 5.75 Å². The Labute approximate surface area is 127 Å². The maximum atomic E-state index is 12.2. The van der Waals surface area contributed by atoms with Gasteiger partial charge in [-0.2, -0.15) is 0 Å². The van der Waals surface area contributed by atoms with Crippen molar-refractivity contribution in [3.63, 3.8) is 0 Å². The van der Waals surface area contributed by atoms with Crippen LogP contribution < -0.4 is 10.5 Å². The van der Waals surface area contributed by atoms with E-state index in [1.54, 1.807) is 7.11 Å². The Balaban J connectivity index is 2.04. The van der Waals surface area contributed by atoms with E-state index in [2.05, 4.69) is 13.8 Å². The first-order valence-electron chi connectivity index (χ1n) is 7.58. The summed E-state index contributed by atoms with van der Waals surface area (Å²) in [6.07, 6.45) is 2.61. The minimum Gasteiger partial charge on any atom is -0.497 e. The fourth-order valence-corrected chi connectivity index (χ4v) is 2.70. The molecule has 116 valence electrons.